The van der Waals surface area contributed by atoms with E-state index in [9.17, 15) is 0 Å². The van der Waals surface area contributed by atoms with Crippen molar-refractivity contribution in [1.82, 2.24) is 0 Å². The van der Waals surface area contributed by atoms with E-state index in [1.807, 2.05) is 0 Å². The zero-order valence-electron chi connectivity index (χ0n) is 31.0. The summed E-state index contributed by atoms with van der Waals surface area (Å²) < 4.78 is 0. The molecule has 3 nitrogen and oxygen atoms in total. The lowest BCUT2D eigenvalue weighted by molar-refractivity contribution is 1.23. The quantitative estimate of drug-likeness (QED) is 0.152. The molecule has 2 heterocycles. The summed E-state index contributed by atoms with van der Waals surface area (Å²) in [5.41, 5.74) is 14.4. The molecule has 55 heavy (non-hydrogen) atoms. The standard InChI is InChI=1S/C50H40BN3Si/c1-55(2,42-25-13-6-14-26-42)43-33-31-40(32-34-43)52(37-19-7-3-8-20-37)41-35-48-50-49(36-41)54(39-23-11-5-12-24-39)47-30-18-16-28-45(47)51(50)44-27-15-17-29-46(44)53(48)38-21-9-4-10-22-38/h3-36H,1-2H3. The molecule has 0 amide bonds. The van der Waals surface area contributed by atoms with Gasteiger partial charge in [-0.25, -0.2) is 0 Å². The van der Waals surface area contributed by atoms with Gasteiger partial charge in [-0.2, -0.15) is 0 Å². The van der Waals surface area contributed by atoms with Gasteiger partial charge in [0.1, 0.15) is 8.07 Å². The highest BCUT2D eigenvalue weighted by Crippen LogP contribution is 2.47. The molecule has 0 unspecified atom stereocenters. The van der Waals surface area contributed by atoms with Gasteiger partial charge in [0, 0.05) is 45.5 Å². The Balaban J connectivity index is 1.24. The Morgan fingerprint density at radius 1 is 0.382 bits per heavy atom. The van der Waals surface area contributed by atoms with Crippen molar-refractivity contribution in [2.45, 2.75) is 13.1 Å². The second-order valence-electron chi connectivity index (χ2n) is 15.0. The normalized spacial score (nSPS) is 12.8. The minimum absolute atomic E-state index is 0.0704. The number of fused-ring (bicyclic) bond motifs is 4. The summed E-state index contributed by atoms with van der Waals surface area (Å²) in [6.07, 6.45) is 0. The van der Waals surface area contributed by atoms with Crippen LogP contribution in [0.3, 0.4) is 0 Å². The average molecular weight is 722 g/mol. The fourth-order valence-electron chi connectivity index (χ4n) is 8.80. The fourth-order valence-corrected chi connectivity index (χ4v) is 11.2. The maximum Gasteiger partial charge on any atom is 0.252 e. The zero-order chi connectivity index (χ0) is 36.9. The number of para-hydroxylation sites is 5. The molecule has 0 atom stereocenters. The van der Waals surface area contributed by atoms with Crippen LogP contribution in [0.2, 0.25) is 13.1 Å². The van der Waals surface area contributed by atoms with E-state index >= 15 is 0 Å². The van der Waals surface area contributed by atoms with Crippen molar-refractivity contribution < 1.29 is 0 Å². The third kappa shape index (κ3) is 5.50. The van der Waals surface area contributed by atoms with E-state index in [0.717, 1.165) is 28.4 Å². The van der Waals surface area contributed by atoms with Gasteiger partial charge in [-0.1, -0.05) is 157 Å². The molecule has 2 aliphatic rings. The smallest absolute Gasteiger partial charge is 0.252 e. The largest absolute Gasteiger partial charge is 0.311 e. The van der Waals surface area contributed by atoms with Crippen LogP contribution in [-0.4, -0.2) is 14.8 Å². The summed E-state index contributed by atoms with van der Waals surface area (Å²) in [5, 5.41) is 2.85. The van der Waals surface area contributed by atoms with Crippen LogP contribution in [0.1, 0.15) is 0 Å². The number of rotatable bonds is 7. The predicted molar refractivity (Wildman–Crippen MR) is 238 cm³/mol. The first kappa shape index (κ1) is 33.0. The molecule has 8 aromatic rings. The van der Waals surface area contributed by atoms with Gasteiger partial charge >= 0.3 is 0 Å². The van der Waals surface area contributed by atoms with E-state index in [1.165, 1.54) is 49.5 Å². The highest BCUT2D eigenvalue weighted by atomic mass is 28.3. The van der Waals surface area contributed by atoms with E-state index in [2.05, 4.69) is 234 Å². The van der Waals surface area contributed by atoms with E-state index in [-0.39, 0.29) is 6.71 Å². The predicted octanol–water partition coefficient (Wildman–Crippen LogP) is 10.1. The van der Waals surface area contributed by atoms with E-state index in [1.54, 1.807) is 0 Å². The molecule has 2 aliphatic heterocycles. The van der Waals surface area contributed by atoms with Crippen molar-refractivity contribution >= 4 is 92.7 Å². The molecule has 10 rings (SSSR count). The molecule has 0 N–H and O–H groups in total. The molecular weight excluding hydrogens is 681 g/mol. The second kappa shape index (κ2) is 13.4. The van der Waals surface area contributed by atoms with Crippen molar-refractivity contribution in [3.05, 3.63) is 206 Å². The molecule has 0 spiro atoms. The summed E-state index contributed by atoms with van der Waals surface area (Å²) in [5.74, 6) is 0. The Hall–Kier alpha value is -6.56. The van der Waals surface area contributed by atoms with Crippen molar-refractivity contribution in [2.75, 3.05) is 14.7 Å². The molecule has 0 saturated carbocycles. The summed E-state index contributed by atoms with van der Waals surface area (Å²) in [4.78, 5) is 7.39. The molecule has 0 aromatic heterocycles. The van der Waals surface area contributed by atoms with Gasteiger partial charge in [0.15, 0.2) is 0 Å². The van der Waals surface area contributed by atoms with Gasteiger partial charge < -0.3 is 14.7 Å². The highest BCUT2D eigenvalue weighted by molar-refractivity contribution is 7.01. The van der Waals surface area contributed by atoms with E-state index in [4.69, 9.17) is 0 Å². The monoisotopic (exact) mass is 721 g/mol. The van der Waals surface area contributed by atoms with Crippen molar-refractivity contribution in [2.24, 2.45) is 0 Å². The number of anilines is 9. The van der Waals surface area contributed by atoms with Gasteiger partial charge in [0.25, 0.3) is 6.71 Å². The van der Waals surface area contributed by atoms with E-state index in [0.29, 0.717) is 0 Å². The summed E-state index contributed by atoms with van der Waals surface area (Å²) >= 11 is 0. The minimum atomic E-state index is -1.90. The zero-order valence-corrected chi connectivity index (χ0v) is 32.0. The molecule has 0 bridgehead atoms. The Morgan fingerprint density at radius 2 is 0.782 bits per heavy atom. The topological polar surface area (TPSA) is 9.72 Å². The van der Waals surface area contributed by atoms with Crippen LogP contribution in [0.5, 0.6) is 0 Å². The summed E-state index contributed by atoms with van der Waals surface area (Å²) in [6.45, 7) is 4.97. The first-order valence-electron chi connectivity index (χ1n) is 19.2. The first-order chi connectivity index (χ1) is 27.1. The second-order valence-corrected chi connectivity index (χ2v) is 19.4. The first-order valence-corrected chi connectivity index (χ1v) is 22.2. The highest BCUT2D eigenvalue weighted by Gasteiger charge is 2.43. The van der Waals surface area contributed by atoms with Crippen LogP contribution in [0.4, 0.5) is 51.2 Å². The lowest BCUT2D eigenvalue weighted by Crippen LogP contribution is -2.61. The molecule has 8 aromatic carbocycles. The van der Waals surface area contributed by atoms with Crippen LogP contribution in [-0.2, 0) is 0 Å². The van der Waals surface area contributed by atoms with Crippen LogP contribution in [0, 0.1) is 0 Å². The maximum absolute atomic E-state index is 2.48. The third-order valence-electron chi connectivity index (χ3n) is 11.5. The molecule has 0 fully saturated rings. The molecule has 0 radical (unpaired) electrons. The molecule has 0 saturated heterocycles. The van der Waals surface area contributed by atoms with Crippen LogP contribution < -0.4 is 41.5 Å². The SMILES string of the molecule is C[Si](C)(c1ccccc1)c1ccc(N(c2ccccc2)c2cc3c4c(c2)N(c2ccccc2)c2ccccc2B4c2ccccc2N3c2ccccc2)cc1. The Kier molecular flexibility index (Phi) is 8.04. The summed E-state index contributed by atoms with van der Waals surface area (Å²) in [6, 6.07) is 75.7. The lowest BCUT2D eigenvalue weighted by Gasteiger charge is -2.45. The molecule has 5 heteroatoms. The Labute approximate surface area is 325 Å². The van der Waals surface area contributed by atoms with Gasteiger partial charge in [0.2, 0.25) is 0 Å². The molecular formula is C50H40BN3Si. The number of hydrogen-bond donors (Lipinski definition) is 0. The van der Waals surface area contributed by atoms with Crippen molar-refractivity contribution in [1.29, 1.82) is 0 Å². The average Bonchev–Trinajstić information content (AvgIpc) is 3.25. The summed E-state index contributed by atoms with van der Waals surface area (Å²) in [7, 11) is -1.90. The number of hydrogen-bond acceptors (Lipinski definition) is 3. The Morgan fingerprint density at radius 3 is 1.29 bits per heavy atom. The molecule has 0 aliphatic carbocycles. The van der Waals surface area contributed by atoms with Crippen LogP contribution in [0.25, 0.3) is 0 Å². The lowest BCUT2D eigenvalue weighted by atomic mass is 9.33. The van der Waals surface area contributed by atoms with Crippen molar-refractivity contribution in [3.8, 4) is 0 Å². The van der Waals surface area contributed by atoms with Gasteiger partial charge in [-0.3, -0.25) is 0 Å². The van der Waals surface area contributed by atoms with Crippen LogP contribution >= 0.6 is 0 Å². The van der Waals surface area contributed by atoms with Crippen LogP contribution in [0.15, 0.2) is 206 Å². The molecule has 262 valence electrons. The number of benzene rings is 8. The van der Waals surface area contributed by atoms with Gasteiger partial charge in [-0.05, 0) is 89.2 Å². The Bertz CT molecular complexity index is 2520. The van der Waals surface area contributed by atoms with Gasteiger partial charge in [0.05, 0.1) is 5.69 Å². The fraction of sp³-hybridized carbons (Fsp3) is 0.0400. The van der Waals surface area contributed by atoms with E-state index < -0.39 is 8.07 Å². The maximum atomic E-state index is 2.48. The number of nitrogens with zero attached hydrogens (tertiary/aromatic N) is 3. The minimum Gasteiger partial charge on any atom is -0.311 e. The van der Waals surface area contributed by atoms with Crippen molar-refractivity contribution in [3.63, 3.8) is 0 Å². The van der Waals surface area contributed by atoms with Gasteiger partial charge in [-0.15, -0.1) is 0 Å². The third-order valence-corrected chi connectivity index (χ3v) is 15.1.